The van der Waals surface area contributed by atoms with Crippen molar-refractivity contribution in [1.29, 1.82) is 5.26 Å². The van der Waals surface area contributed by atoms with E-state index in [2.05, 4.69) is 6.07 Å². The second-order valence-electron chi connectivity index (χ2n) is 3.52. The van der Waals surface area contributed by atoms with Crippen LogP contribution >= 0.6 is 0 Å². The molecule has 0 heterocycles. The van der Waals surface area contributed by atoms with E-state index < -0.39 is 5.97 Å². The van der Waals surface area contributed by atoms with E-state index >= 15 is 0 Å². The van der Waals surface area contributed by atoms with Crippen LogP contribution in [0, 0.1) is 18.3 Å². The lowest BCUT2D eigenvalue weighted by molar-refractivity contribution is 0.0526. The van der Waals surface area contributed by atoms with Gasteiger partial charge in [0.2, 0.25) is 0 Å². The molecule has 1 aromatic rings. The Morgan fingerprint density at radius 3 is 2.62 bits per heavy atom. The molecule has 0 bridgehead atoms. The van der Waals surface area contributed by atoms with Crippen LogP contribution in [-0.4, -0.2) is 12.6 Å². The molecule has 16 heavy (non-hydrogen) atoms. The number of carbonyl (C=O) groups excluding carboxylic acids is 1. The van der Waals surface area contributed by atoms with E-state index in [4.69, 9.17) is 10.00 Å². The molecule has 0 aliphatic rings. The summed E-state index contributed by atoms with van der Waals surface area (Å²) >= 11 is 0. The minimum absolute atomic E-state index is 0.319. The second kappa shape index (κ2) is 5.32. The number of esters is 1. The molecule has 0 radical (unpaired) electrons. The van der Waals surface area contributed by atoms with Crippen LogP contribution in [-0.2, 0) is 11.2 Å². The first kappa shape index (κ1) is 12.3. The van der Waals surface area contributed by atoms with E-state index in [0.29, 0.717) is 17.7 Å². The Labute approximate surface area is 95.7 Å². The predicted molar refractivity (Wildman–Crippen MR) is 61.2 cm³/mol. The Morgan fingerprint density at radius 1 is 1.44 bits per heavy atom. The Balaban J connectivity index is 3.29. The molecule has 0 spiro atoms. The summed E-state index contributed by atoms with van der Waals surface area (Å²) in [6, 6.07) is 5.73. The highest BCUT2D eigenvalue weighted by atomic mass is 16.5. The molecule has 0 aliphatic carbocycles. The highest BCUT2D eigenvalue weighted by molar-refractivity contribution is 5.93. The molecule has 3 nitrogen and oxygen atoms in total. The van der Waals surface area contributed by atoms with Crippen LogP contribution in [0.2, 0.25) is 0 Å². The summed E-state index contributed by atoms with van der Waals surface area (Å²) in [7, 11) is 0. The molecule has 0 N–H and O–H groups in total. The maximum Gasteiger partial charge on any atom is 0.339 e. The van der Waals surface area contributed by atoms with Gasteiger partial charge in [-0.1, -0.05) is 13.0 Å². The van der Waals surface area contributed by atoms with Crippen molar-refractivity contribution in [2.24, 2.45) is 0 Å². The van der Waals surface area contributed by atoms with Gasteiger partial charge < -0.3 is 4.74 Å². The number of carbonyl (C=O) groups is 1. The summed E-state index contributed by atoms with van der Waals surface area (Å²) in [6.07, 6.45) is 0.832. The molecule has 1 rings (SSSR count). The van der Waals surface area contributed by atoms with E-state index in [1.165, 1.54) is 0 Å². The average Bonchev–Trinajstić information content (AvgIpc) is 2.28. The lowest BCUT2D eigenvalue weighted by atomic mass is 9.98. The van der Waals surface area contributed by atoms with Gasteiger partial charge in [-0.3, -0.25) is 0 Å². The quantitative estimate of drug-likeness (QED) is 0.731. The molecule has 0 saturated heterocycles. The van der Waals surface area contributed by atoms with Crippen LogP contribution in [0.15, 0.2) is 12.1 Å². The fraction of sp³-hybridized carbons (Fsp3) is 0.385. The zero-order valence-electron chi connectivity index (χ0n) is 9.83. The number of aryl methyl sites for hydroxylation is 2. The van der Waals surface area contributed by atoms with Crippen LogP contribution in [0.3, 0.4) is 0 Å². The van der Waals surface area contributed by atoms with Crippen molar-refractivity contribution in [2.45, 2.75) is 27.2 Å². The number of hydrogen-bond donors (Lipinski definition) is 0. The molecule has 0 fully saturated rings. The summed E-state index contributed by atoms with van der Waals surface area (Å²) in [5.74, 6) is -0.419. The number of nitriles is 1. The molecular formula is C13H15NO2. The number of benzene rings is 1. The third-order valence-electron chi connectivity index (χ3n) is 2.41. The third kappa shape index (κ3) is 2.40. The van der Waals surface area contributed by atoms with Crippen molar-refractivity contribution >= 4 is 5.97 Å². The SMILES string of the molecule is CCOC(=O)c1cc(CC)cc(C)c1C#N. The van der Waals surface area contributed by atoms with Crippen molar-refractivity contribution < 1.29 is 9.53 Å². The van der Waals surface area contributed by atoms with Gasteiger partial charge in [-0.25, -0.2) is 4.79 Å². The number of nitrogens with zero attached hydrogens (tertiary/aromatic N) is 1. The van der Waals surface area contributed by atoms with Gasteiger partial charge >= 0.3 is 5.97 Å². The first-order chi connectivity index (χ1) is 7.63. The minimum Gasteiger partial charge on any atom is -0.462 e. The van der Waals surface area contributed by atoms with E-state index in [0.717, 1.165) is 17.5 Å². The second-order valence-corrected chi connectivity index (χ2v) is 3.52. The van der Waals surface area contributed by atoms with Gasteiger partial charge in [0.05, 0.1) is 17.7 Å². The maximum absolute atomic E-state index is 11.7. The van der Waals surface area contributed by atoms with Crippen LogP contribution in [0.1, 0.15) is 40.9 Å². The Kier molecular flexibility index (Phi) is 4.07. The maximum atomic E-state index is 11.7. The zero-order chi connectivity index (χ0) is 12.1. The highest BCUT2D eigenvalue weighted by Crippen LogP contribution is 2.18. The van der Waals surface area contributed by atoms with Gasteiger partial charge in [-0.2, -0.15) is 5.26 Å². The van der Waals surface area contributed by atoms with Crippen LogP contribution < -0.4 is 0 Å². The summed E-state index contributed by atoms with van der Waals surface area (Å²) in [4.78, 5) is 11.7. The molecule has 0 aromatic heterocycles. The summed E-state index contributed by atoms with van der Waals surface area (Å²) in [5.41, 5.74) is 2.65. The fourth-order valence-corrected chi connectivity index (χ4v) is 1.58. The van der Waals surface area contributed by atoms with Crippen molar-refractivity contribution in [2.75, 3.05) is 6.61 Å². The molecule has 3 heteroatoms. The average molecular weight is 217 g/mol. The number of ether oxygens (including phenoxy) is 1. The first-order valence-electron chi connectivity index (χ1n) is 5.34. The van der Waals surface area contributed by atoms with Crippen molar-refractivity contribution in [1.82, 2.24) is 0 Å². The summed E-state index contributed by atoms with van der Waals surface area (Å²) < 4.78 is 4.93. The van der Waals surface area contributed by atoms with E-state index in [1.54, 1.807) is 13.0 Å². The standard InChI is InChI=1S/C13H15NO2/c1-4-10-6-9(3)12(8-14)11(7-10)13(15)16-5-2/h6-7H,4-5H2,1-3H3. The summed E-state index contributed by atoms with van der Waals surface area (Å²) in [5, 5.41) is 9.02. The van der Waals surface area contributed by atoms with Crippen LogP contribution in [0.5, 0.6) is 0 Å². The predicted octanol–water partition coefficient (Wildman–Crippen LogP) is 2.61. The smallest absolute Gasteiger partial charge is 0.339 e. The molecule has 1 aromatic carbocycles. The van der Waals surface area contributed by atoms with Crippen LogP contribution in [0.25, 0.3) is 0 Å². The molecule has 0 unspecified atom stereocenters. The normalized spacial score (nSPS) is 9.62. The van der Waals surface area contributed by atoms with E-state index in [9.17, 15) is 4.79 Å². The highest BCUT2D eigenvalue weighted by Gasteiger charge is 2.15. The lowest BCUT2D eigenvalue weighted by Gasteiger charge is -2.08. The van der Waals surface area contributed by atoms with Gasteiger partial charge in [-0.15, -0.1) is 0 Å². The molecule has 0 aliphatic heterocycles. The summed E-state index contributed by atoms with van der Waals surface area (Å²) in [6.45, 7) is 5.91. The Morgan fingerprint density at radius 2 is 2.12 bits per heavy atom. The van der Waals surface area contributed by atoms with E-state index in [1.807, 2.05) is 19.9 Å². The van der Waals surface area contributed by atoms with Gasteiger partial charge in [0.1, 0.15) is 6.07 Å². The topological polar surface area (TPSA) is 50.1 Å². The van der Waals surface area contributed by atoms with Gasteiger partial charge in [0.15, 0.2) is 0 Å². The first-order valence-corrected chi connectivity index (χ1v) is 5.34. The Bertz CT molecular complexity index is 444. The molecule has 0 atom stereocenters. The molecule has 0 saturated carbocycles. The third-order valence-corrected chi connectivity index (χ3v) is 2.41. The van der Waals surface area contributed by atoms with Crippen molar-refractivity contribution in [3.63, 3.8) is 0 Å². The van der Waals surface area contributed by atoms with Crippen LogP contribution in [0.4, 0.5) is 0 Å². The van der Waals surface area contributed by atoms with Crippen molar-refractivity contribution in [3.8, 4) is 6.07 Å². The minimum atomic E-state index is -0.419. The van der Waals surface area contributed by atoms with Crippen molar-refractivity contribution in [3.05, 3.63) is 34.4 Å². The molecular weight excluding hydrogens is 202 g/mol. The van der Waals surface area contributed by atoms with Gasteiger partial charge in [0, 0.05) is 0 Å². The van der Waals surface area contributed by atoms with E-state index in [-0.39, 0.29) is 0 Å². The Hall–Kier alpha value is -1.82. The zero-order valence-corrected chi connectivity index (χ0v) is 9.83. The largest absolute Gasteiger partial charge is 0.462 e. The molecule has 0 amide bonds. The monoisotopic (exact) mass is 217 g/mol. The van der Waals surface area contributed by atoms with Gasteiger partial charge in [-0.05, 0) is 37.5 Å². The number of hydrogen-bond acceptors (Lipinski definition) is 3. The molecule has 84 valence electrons. The lowest BCUT2D eigenvalue weighted by Crippen LogP contribution is -2.09. The van der Waals surface area contributed by atoms with Gasteiger partial charge in [0.25, 0.3) is 0 Å². The number of rotatable bonds is 3. The fourth-order valence-electron chi connectivity index (χ4n) is 1.58.